The number of aromatic nitrogens is 4. The number of carbonyl (C=O) groups excluding carboxylic acids is 1. The van der Waals surface area contributed by atoms with Crippen molar-refractivity contribution in [1.29, 1.82) is 0 Å². The molecule has 37 heavy (non-hydrogen) atoms. The summed E-state index contributed by atoms with van der Waals surface area (Å²) in [6.07, 6.45) is 7.13. The third-order valence-corrected chi connectivity index (χ3v) is 7.96. The molecule has 2 fully saturated rings. The Morgan fingerprint density at radius 3 is 2.51 bits per heavy atom. The lowest BCUT2D eigenvalue weighted by molar-refractivity contribution is 0.0881. The largest absolute Gasteiger partial charge is 0.474 e. The van der Waals surface area contributed by atoms with Crippen LogP contribution >= 0.6 is 0 Å². The molecule has 0 bridgehead atoms. The number of carbonyl (C=O) groups is 1. The summed E-state index contributed by atoms with van der Waals surface area (Å²) in [6.45, 7) is 2.60. The number of hydrogen-bond donors (Lipinski definition) is 2. The highest BCUT2D eigenvalue weighted by atomic mass is 32.2. The van der Waals surface area contributed by atoms with E-state index in [0.29, 0.717) is 61.7 Å². The van der Waals surface area contributed by atoms with Gasteiger partial charge in [-0.3, -0.25) is 9.78 Å². The van der Waals surface area contributed by atoms with Crippen molar-refractivity contribution in [3.63, 3.8) is 0 Å². The minimum absolute atomic E-state index is 0.00501. The van der Waals surface area contributed by atoms with Crippen LogP contribution in [0, 0.1) is 0 Å². The first kappa shape index (κ1) is 25.2. The zero-order valence-electron chi connectivity index (χ0n) is 20.5. The zero-order chi connectivity index (χ0) is 25.8. The summed E-state index contributed by atoms with van der Waals surface area (Å²) in [5.41, 5.74) is 0.602. The maximum absolute atomic E-state index is 12.4. The van der Waals surface area contributed by atoms with Crippen molar-refractivity contribution in [2.24, 2.45) is 0 Å². The Kier molecular flexibility index (Phi) is 7.44. The Balaban J connectivity index is 1.35. The van der Waals surface area contributed by atoms with Gasteiger partial charge in [0, 0.05) is 43.8 Å². The standard InChI is InChI=1S/C24H29N7O5S/c1-25-37(33,34)18-13-19-20(28-15-18)14-21(31-9-11-35-12-10-31)30-24(19)36-17-5-3-16(4-6-17)29-23(32)22-26-7-2-8-27-22/h2,7-8,13-17,25H,3-6,9-12H2,1H3,(H,29,32). The molecular formula is C24H29N7O5S. The molecule has 3 aromatic heterocycles. The molecule has 2 aliphatic rings. The third kappa shape index (κ3) is 5.78. The van der Waals surface area contributed by atoms with Crippen LogP contribution in [-0.4, -0.2) is 79.8 Å². The fourth-order valence-corrected chi connectivity index (χ4v) is 5.22. The minimum atomic E-state index is -3.69. The van der Waals surface area contributed by atoms with Crippen LogP contribution in [0.4, 0.5) is 5.82 Å². The first-order chi connectivity index (χ1) is 17.9. The highest BCUT2D eigenvalue weighted by Crippen LogP contribution is 2.32. The second kappa shape index (κ2) is 10.9. The lowest BCUT2D eigenvalue weighted by Crippen LogP contribution is -2.40. The second-order valence-corrected chi connectivity index (χ2v) is 10.9. The normalized spacial score (nSPS) is 20.5. The van der Waals surface area contributed by atoms with E-state index in [-0.39, 0.29) is 28.8 Å². The minimum Gasteiger partial charge on any atom is -0.474 e. The van der Waals surface area contributed by atoms with Gasteiger partial charge in [-0.15, -0.1) is 0 Å². The quantitative estimate of drug-likeness (QED) is 0.460. The molecule has 3 aromatic rings. The molecule has 12 nitrogen and oxygen atoms in total. The van der Waals surface area contributed by atoms with Gasteiger partial charge in [0.2, 0.25) is 21.7 Å². The van der Waals surface area contributed by atoms with Gasteiger partial charge in [-0.1, -0.05) is 0 Å². The highest BCUT2D eigenvalue weighted by molar-refractivity contribution is 7.89. The summed E-state index contributed by atoms with van der Waals surface area (Å²) in [4.78, 5) is 31.8. The number of sulfonamides is 1. The van der Waals surface area contributed by atoms with Crippen molar-refractivity contribution in [3.8, 4) is 5.88 Å². The number of anilines is 1. The molecule has 196 valence electrons. The number of hydrogen-bond acceptors (Lipinski definition) is 10. The van der Waals surface area contributed by atoms with Crippen molar-refractivity contribution >= 4 is 32.7 Å². The molecule has 4 heterocycles. The Labute approximate surface area is 214 Å². The van der Waals surface area contributed by atoms with Crippen LogP contribution < -0.4 is 19.7 Å². The number of pyridine rings is 2. The number of ether oxygens (including phenoxy) is 2. The fourth-order valence-electron chi connectivity index (χ4n) is 4.52. The number of amides is 1. The molecule has 1 aliphatic carbocycles. The maximum atomic E-state index is 12.4. The molecule has 5 rings (SSSR count). The maximum Gasteiger partial charge on any atom is 0.289 e. The average molecular weight is 528 g/mol. The van der Waals surface area contributed by atoms with E-state index in [1.807, 2.05) is 6.07 Å². The number of nitrogens with zero attached hydrogens (tertiary/aromatic N) is 5. The molecule has 1 saturated heterocycles. The van der Waals surface area contributed by atoms with Crippen LogP contribution in [0.3, 0.4) is 0 Å². The molecule has 0 spiro atoms. The van der Waals surface area contributed by atoms with Gasteiger partial charge in [0.05, 0.1) is 24.1 Å². The van der Waals surface area contributed by atoms with Gasteiger partial charge >= 0.3 is 0 Å². The summed E-state index contributed by atoms with van der Waals surface area (Å²) >= 11 is 0. The van der Waals surface area contributed by atoms with Crippen LogP contribution in [-0.2, 0) is 14.8 Å². The molecule has 0 unspecified atom stereocenters. The van der Waals surface area contributed by atoms with E-state index in [0.717, 1.165) is 12.8 Å². The van der Waals surface area contributed by atoms with Gasteiger partial charge in [0.1, 0.15) is 16.8 Å². The lowest BCUT2D eigenvalue weighted by atomic mass is 9.93. The first-order valence-electron chi connectivity index (χ1n) is 12.2. The summed E-state index contributed by atoms with van der Waals surface area (Å²) in [6, 6.07) is 5.05. The van der Waals surface area contributed by atoms with Gasteiger partial charge < -0.3 is 19.7 Å². The second-order valence-electron chi connectivity index (χ2n) is 8.97. The molecule has 1 amide bonds. The Hall–Kier alpha value is -3.42. The average Bonchev–Trinajstić information content (AvgIpc) is 2.94. The van der Waals surface area contributed by atoms with Crippen molar-refractivity contribution in [2.45, 2.75) is 42.7 Å². The fraction of sp³-hybridized carbons (Fsp3) is 0.458. The summed E-state index contributed by atoms with van der Waals surface area (Å²) in [5.74, 6) is 0.924. The van der Waals surface area contributed by atoms with Gasteiger partial charge in [0.25, 0.3) is 5.91 Å². The predicted octanol–water partition coefficient (Wildman–Crippen LogP) is 1.28. The molecule has 0 radical (unpaired) electrons. The Bertz CT molecular complexity index is 1360. The van der Waals surface area contributed by atoms with Gasteiger partial charge in [-0.2, -0.15) is 4.98 Å². The summed E-state index contributed by atoms with van der Waals surface area (Å²) in [7, 11) is -2.33. The molecule has 1 saturated carbocycles. The topological polar surface area (TPSA) is 149 Å². The number of morpholine rings is 1. The van der Waals surface area contributed by atoms with Crippen molar-refractivity contribution < 1.29 is 22.7 Å². The van der Waals surface area contributed by atoms with Gasteiger partial charge in [-0.05, 0) is 44.9 Å². The number of fused-ring (bicyclic) bond motifs is 1. The molecule has 1 aliphatic heterocycles. The van der Waals surface area contributed by atoms with E-state index >= 15 is 0 Å². The first-order valence-corrected chi connectivity index (χ1v) is 13.7. The summed E-state index contributed by atoms with van der Waals surface area (Å²) < 4.78 is 39.0. The van der Waals surface area contributed by atoms with E-state index in [1.165, 1.54) is 25.6 Å². The Morgan fingerprint density at radius 2 is 1.81 bits per heavy atom. The number of rotatable bonds is 7. The highest BCUT2D eigenvalue weighted by Gasteiger charge is 2.27. The van der Waals surface area contributed by atoms with Crippen LogP contribution in [0.5, 0.6) is 5.88 Å². The summed E-state index contributed by atoms with van der Waals surface area (Å²) in [5, 5.41) is 3.53. The molecule has 0 atom stereocenters. The SMILES string of the molecule is CNS(=O)(=O)c1cnc2cc(N3CCOCC3)nc(OC3CCC(NC(=O)c4ncccn4)CC3)c2c1. The molecular weight excluding hydrogens is 498 g/mol. The molecule has 0 aromatic carbocycles. The van der Waals surface area contributed by atoms with Crippen LogP contribution in [0.2, 0.25) is 0 Å². The van der Waals surface area contributed by atoms with Crippen molar-refractivity contribution in [1.82, 2.24) is 30.0 Å². The van der Waals surface area contributed by atoms with Crippen LogP contribution in [0.15, 0.2) is 41.7 Å². The van der Waals surface area contributed by atoms with Crippen molar-refractivity contribution in [2.75, 3.05) is 38.3 Å². The van der Waals surface area contributed by atoms with E-state index in [2.05, 4.69) is 29.9 Å². The van der Waals surface area contributed by atoms with E-state index < -0.39 is 10.0 Å². The van der Waals surface area contributed by atoms with Crippen LogP contribution in [0.25, 0.3) is 10.9 Å². The van der Waals surface area contributed by atoms with Crippen LogP contribution in [0.1, 0.15) is 36.3 Å². The van der Waals surface area contributed by atoms with Gasteiger partial charge in [0.15, 0.2) is 0 Å². The zero-order valence-corrected chi connectivity index (χ0v) is 21.3. The van der Waals surface area contributed by atoms with E-state index in [1.54, 1.807) is 12.1 Å². The number of nitrogens with one attached hydrogen (secondary N) is 2. The lowest BCUT2D eigenvalue weighted by Gasteiger charge is -2.31. The monoisotopic (exact) mass is 527 g/mol. The van der Waals surface area contributed by atoms with E-state index in [4.69, 9.17) is 14.5 Å². The van der Waals surface area contributed by atoms with Crippen molar-refractivity contribution in [3.05, 3.63) is 42.6 Å². The third-order valence-electron chi connectivity index (χ3n) is 6.58. The van der Waals surface area contributed by atoms with E-state index in [9.17, 15) is 13.2 Å². The predicted molar refractivity (Wildman–Crippen MR) is 135 cm³/mol. The molecule has 2 N–H and O–H groups in total. The smallest absolute Gasteiger partial charge is 0.289 e. The van der Waals surface area contributed by atoms with Gasteiger partial charge in [-0.25, -0.2) is 23.1 Å². The molecule has 13 heteroatoms. The Morgan fingerprint density at radius 1 is 1.08 bits per heavy atom.